The summed E-state index contributed by atoms with van der Waals surface area (Å²) in [4.78, 5) is 12.9. The number of aryl methyl sites for hydroxylation is 2. The molecule has 0 bridgehead atoms. The van der Waals surface area contributed by atoms with Gasteiger partial charge in [0.25, 0.3) is 5.91 Å². The molecule has 1 amide bonds. The van der Waals surface area contributed by atoms with Gasteiger partial charge in [-0.2, -0.15) is 10.4 Å². The Kier molecular flexibility index (Phi) is 5.38. The van der Waals surface area contributed by atoms with Crippen molar-refractivity contribution in [3.63, 3.8) is 0 Å². The molecule has 31 heavy (non-hydrogen) atoms. The van der Waals surface area contributed by atoms with E-state index in [0.717, 1.165) is 16.7 Å². The standard InChI is InChI=1S/C23H22N4O3S/c1-15-6-7-18(10-16(15)2)22-12-21(26-27(22)20-8-9-31(29,30)14-20)23(28)25-19-5-3-4-17(11-19)13-24/h3-7,10-12,20H,8-9,14H2,1-2H3,(H,25,28). The minimum absolute atomic E-state index is 0.0117. The second kappa shape index (κ2) is 8.00. The number of carbonyl (C=O) groups excluding carboxylic acids is 1. The Morgan fingerprint density at radius 2 is 1.97 bits per heavy atom. The van der Waals surface area contributed by atoms with Gasteiger partial charge in [-0.05, 0) is 61.7 Å². The van der Waals surface area contributed by atoms with E-state index < -0.39 is 15.7 Å². The Morgan fingerprint density at radius 1 is 1.16 bits per heavy atom. The Balaban J connectivity index is 1.72. The first kappa shape index (κ1) is 20.8. The monoisotopic (exact) mass is 434 g/mol. The Labute approximate surface area is 181 Å². The molecule has 4 rings (SSSR count). The van der Waals surface area contributed by atoms with Crippen LogP contribution < -0.4 is 5.32 Å². The van der Waals surface area contributed by atoms with E-state index in [1.54, 1.807) is 35.0 Å². The van der Waals surface area contributed by atoms with Crippen molar-refractivity contribution in [2.45, 2.75) is 26.3 Å². The van der Waals surface area contributed by atoms with Gasteiger partial charge in [-0.25, -0.2) is 8.42 Å². The number of nitrogens with one attached hydrogen (secondary N) is 1. The van der Waals surface area contributed by atoms with Crippen LogP contribution in [0, 0.1) is 25.2 Å². The van der Waals surface area contributed by atoms with Crippen molar-refractivity contribution in [3.05, 3.63) is 70.9 Å². The van der Waals surface area contributed by atoms with Crippen LogP contribution in [0.25, 0.3) is 11.3 Å². The summed E-state index contributed by atoms with van der Waals surface area (Å²) in [6.45, 7) is 4.03. The van der Waals surface area contributed by atoms with E-state index in [9.17, 15) is 13.2 Å². The van der Waals surface area contributed by atoms with Crippen molar-refractivity contribution >= 4 is 21.4 Å². The van der Waals surface area contributed by atoms with Gasteiger partial charge in [0.05, 0.1) is 34.9 Å². The first-order chi connectivity index (χ1) is 14.8. The number of hydrogen-bond donors (Lipinski definition) is 1. The minimum Gasteiger partial charge on any atom is -0.321 e. The number of amides is 1. The van der Waals surface area contributed by atoms with Crippen LogP contribution in [0.5, 0.6) is 0 Å². The predicted molar refractivity (Wildman–Crippen MR) is 119 cm³/mol. The van der Waals surface area contributed by atoms with Crippen LogP contribution in [-0.4, -0.2) is 35.6 Å². The van der Waals surface area contributed by atoms with Gasteiger partial charge < -0.3 is 5.32 Å². The largest absolute Gasteiger partial charge is 0.321 e. The average Bonchev–Trinajstić information content (AvgIpc) is 3.33. The van der Waals surface area contributed by atoms with Crippen LogP contribution in [0.4, 0.5) is 5.69 Å². The highest BCUT2D eigenvalue weighted by Crippen LogP contribution is 2.31. The minimum atomic E-state index is -3.12. The Morgan fingerprint density at radius 3 is 2.65 bits per heavy atom. The number of carbonyl (C=O) groups is 1. The lowest BCUT2D eigenvalue weighted by Gasteiger charge is -2.14. The molecule has 1 aliphatic heterocycles. The van der Waals surface area contributed by atoms with Crippen LogP contribution >= 0.6 is 0 Å². The SMILES string of the molecule is Cc1ccc(-c2cc(C(=O)Nc3cccc(C#N)c3)nn2C2CCS(=O)(=O)C2)cc1C. The topological polar surface area (TPSA) is 105 Å². The molecule has 1 unspecified atom stereocenters. The first-order valence-electron chi connectivity index (χ1n) is 9.95. The maximum Gasteiger partial charge on any atom is 0.276 e. The highest BCUT2D eigenvalue weighted by molar-refractivity contribution is 7.91. The molecule has 0 aliphatic carbocycles. The van der Waals surface area contributed by atoms with Gasteiger partial charge in [-0.3, -0.25) is 9.48 Å². The summed E-state index contributed by atoms with van der Waals surface area (Å²) in [5.41, 5.74) is 4.97. The number of rotatable bonds is 4. The molecule has 158 valence electrons. The fourth-order valence-corrected chi connectivity index (χ4v) is 5.42. The molecule has 3 aromatic rings. The Hall–Kier alpha value is -3.44. The van der Waals surface area contributed by atoms with Gasteiger partial charge in [0, 0.05) is 11.3 Å². The molecule has 1 atom stereocenters. The van der Waals surface area contributed by atoms with E-state index in [-0.39, 0.29) is 23.2 Å². The molecule has 0 radical (unpaired) electrons. The quantitative estimate of drug-likeness (QED) is 0.675. The molecule has 1 saturated heterocycles. The molecule has 2 aromatic carbocycles. The van der Waals surface area contributed by atoms with E-state index >= 15 is 0 Å². The fraction of sp³-hybridized carbons (Fsp3) is 0.261. The molecule has 0 spiro atoms. The third-order valence-corrected chi connectivity index (χ3v) is 7.33. The maximum absolute atomic E-state index is 12.9. The van der Waals surface area contributed by atoms with Gasteiger partial charge in [-0.15, -0.1) is 0 Å². The van der Waals surface area contributed by atoms with Gasteiger partial charge in [-0.1, -0.05) is 18.2 Å². The van der Waals surface area contributed by atoms with Crippen molar-refractivity contribution in [2.24, 2.45) is 0 Å². The summed E-state index contributed by atoms with van der Waals surface area (Å²) < 4.78 is 25.8. The highest BCUT2D eigenvalue weighted by atomic mass is 32.2. The van der Waals surface area contributed by atoms with Gasteiger partial charge >= 0.3 is 0 Å². The van der Waals surface area contributed by atoms with Crippen LogP contribution in [0.15, 0.2) is 48.5 Å². The average molecular weight is 435 g/mol. The summed E-state index contributed by atoms with van der Waals surface area (Å²) >= 11 is 0. The van der Waals surface area contributed by atoms with E-state index in [0.29, 0.717) is 23.4 Å². The molecule has 1 N–H and O–H groups in total. The normalized spacial score (nSPS) is 17.3. The molecular weight excluding hydrogens is 412 g/mol. The third-order valence-electron chi connectivity index (χ3n) is 5.57. The van der Waals surface area contributed by atoms with E-state index in [4.69, 9.17) is 5.26 Å². The molecule has 1 fully saturated rings. The van der Waals surface area contributed by atoms with Crippen molar-refractivity contribution in [2.75, 3.05) is 16.8 Å². The van der Waals surface area contributed by atoms with Crippen molar-refractivity contribution < 1.29 is 13.2 Å². The lowest BCUT2D eigenvalue weighted by molar-refractivity contribution is 0.102. The number of aromatic nitrogens is 2. The second-order valence-electron chi connectivity index (χ2n) is 7.86. The maximum atomic E-state index is 12.9. The molecule has 7 nitrogen and oxygen atoms in total. The van der Waals surface area contributed by atoms with E-state index in [2.05, 4.69) is 10.4 Å². The lowest BCUT2D eigenvalue weighted by atomic mass is 10.0. The second-order valence-corrected chi connectivity index (χ2v) is 10.1. The number of sulfone groups is 1. The van der Waals surface area contributed by atoms with Crippen LogP contribution in [0.2, 0.25) is 0 Å². The molecule has 8 heteroatoms. The summed E-state index contributed by atoms with van der Waals surface area (Å²) in [5, 5.41) is 16.3. The molecule has 2 heterocycles. The highest BCUT2D eigenvalue weighted by Gasteiger charge is 2.32. The number of nitriles is 1. The summed E-state index contributed by atoms with van der Waals surface area (Å²) in [5.74, 6) is -0.288. The molecular formula is C23H22N4O3S. The van der Waals surface area contributed by atoms with Gasteiger partial charge in [0.15, 0.2) is 15.5 Å². The zero-order valence-corrected chi connectivity index (χ0v) is 18.1. The van der Waals surface area contributed by atoms with E-state index in [1.807, 2.05) is 38.1 Å². The third kappa shape index (κ3) is 4.37. The van der Waals surface area contributed by atoms with Crippen LogP contribution in [0.3, 0.4) is 0 Å². The number of anilines is 1. The zero-order chi connectivity index (χ0) is 22.2. The number of hydrogen-bond acceptors (Lipinski definition) is 5. The lowest BCUT2D eigenvalue weighted by Crippen LogP contribution is -2.16. The molecule has 0 saturated carbocycles. The van der Waals surface area contributed by atoms with Gasteiger partial charge in [0.1, 0.15) is 0 Å². The number of nitrogens with zero attached hydrogens (tertiary/aromatic N) is 3. The molecule has 1 aliphatic rings. The van der Waals surface area contributed by atoms with Crippen LogP contribution in [-0.2, 0) is 9.84 Å². The van der Waals surface area contributed by atoms with Gasteiger partial charge in [0.2, 0.25) is 0 Å². The van der Waals surface area contributed by atoms with Crippen LogP contribution in [0.1, 0.15) is 39.6 Å². The van der Waals surface area contributed by atoms with Crippen molar-refractivity contribution in [1.29, 1.82) is 5.26 Å². The zero-order valence-electron chi connectivity index (χ0n) is 17.3. The van der Waals surface area contributed by atoms with E-state index in [1.165, 1.54) is 0 Å². The van der Waals surface area contributed by atoms with Crippen molar-refractivity contribution in [3.8, 4) is 17.3 Å². The smallest absolute Gasteiger partial charge is 0.276 e. The Bertz CT molecular complexity index is 1320. The van der Waals surface area contributed by atoms with Crippen molar-refractivity contribution in [1.82, 2.24) is 9.78 Å². The summed E-state index contributed by atoms with van der Waals surface area (Å²) in [6, 6.07) is 16.0. The fourth-order valence-electron chi connectivity index (χ4n) is 3.73. The first-order valence-corrected chi connectivity index (χ1v) is 11.8. The predicted octanol–water partition coefficient (Wildman–Crippen LogP) is 3.65. The number of benzene rings is 2. The summed E-state index contributed by atoms with van der Waals surface area (Å²) in [7, 11) is -3.12. The summed E-state index contributed by atoms with van der Waals surface area (Å²) in [6.07, 6.45) is 0.465. The molecule has 1 aromatic heterocycles.